The average Bonchev–Trinajstić information content (AvgIpc) is 2.60. The molecule has 1 fully saturated rings. The molecule has 0 unspecified atom stereocenters. The molecule has 1 aromatic rings. The number of hydrogen-bond donors (Lipinski definition) is 0. The maximum Gasteiger partial charge on any atom is 0.227 e. The highest BCUT2D eigenvalue weighted by atomic mass is 16.2. The summed E-state index contributed by atoms with van der Waals surface area (Å²) in [5, 5.41) is 0. The van der Waals surface area contributed by atoms with Gasteiger partial charge in [-0.25, -0.2) is 0 Å². The van der Waals surface area contributed by atoms with Crippen molar-refractivity contribution in [2.24, 2.45) is 11.8 Å². The van der Waals surface area contributed by atoms with Crippen molar-refractivity contribution in [3.63, 3.8) is 0 Å². The number of carbonyl (C=O) groups excluding carboxylic acids is 1. The molecule has 2 rings (SSSR count). The van der Waals surface area contributed by atoms with Crippen LogP contribution in [-0.4, -0.2) is 12.5 Å². The Morgan fingerprint density at radius 1 is 1.31 bits per heavy atom. The van der Waals surface area contributed by atoms with Crippen LogP contribution in [0.3, 0.4) is 0 Å². The van der Waals surface area contributed by atoms with Gasteiger partial charge in [0.05, 0.1) is 0 Å². The zero-order valence-corrected chi connectivity index (χ0v) is 10.0. The van der Waals surface area contributed by atoms with Crippen LogP contribution in [0.2, 0.25) is 0 Å². The third kappa shape index (κ3) is 2.43. The predicted octanol–water partition coefficient (Wildman–Crippen LogP) is 3.09. The molecule has 16 heavy (non-hydrogen) atoms. The van der Waals surface area contributed by atoms with Crippen LogP contribution in [0, 0.1) is 11.8 Å². The quantitative estimate of drug-likeness (QED) is 0.762. The summed E-state index contributed by atoms with van der Waals surface area (Å²) in [4.78, 5) is 13.8. The summed E-state index contributed by atoms with van der Waals surface area (Å²) in [5.74, 6) is 1.48. The van der Waals surface area contributed by atoms with Crippen molar-refractivity contribution in [2.75, 3.05) is 11.4 Å². The van der Waals surface area contributed by atoms with E-state index < -0.39 is 0 Å². The first kappa shape index (κ1) is 11.2. The summed E-state index contributed by atoms with van der Waals surface area (Å²) in [6, 6.07) is 9.97. The Morgan fingerprint density at radius 2 is 2.00 bits per heavy atom. The Bertz CT molecular complexity index is 358. The third-order valence-corrected chi connectivity index (χ3v) is 3.08. The molecule has 2 nitrogen and oxygen atoms in total. The van der Waals surface area contributed by atoms with Gasteiger partial charge >= 0.3 is 0 Å². The first-order valence-corrected chi connectivity index (χ1v) is 6.02. The SMILES string of the molecule is CC(C)C[C@H]1CC(=O)N(c2ccccc2)C1. The highest BCUT2D eigenvalue weighted by Gasteiger charge is 2.30. The molecular formula is C14H19NO. The van der Waals surface area contributed by atoms with Crippen molar-refractivity contribution in [1.29, 1.82) is 0 Å². The summed E-state index contributed by atoms with van der Waals surface area (Å²) in [6.45, 7) is 5.33. The minimum atomic E-state index is 0.275. The predicted molar refractivity (Wildman–Crippen MR) is 66.4 cm³/mol. The lowest BCUT2D eigenvalue weighted by atomic mass is 9.96. The van der Waals surface area contributed by atoms with Gasteiger partial charge in [-0.05, 0) is 30.4 Å². The van der Waals surface area contributed by atoms with Gasteiger partial charge in [0.25, 0.3) is 0 Å². The molecule has 1 heterocycles. The Balaban J connectivity index is 2.06. The highest BCUT2D eigenvalue weighted by molar-refractivity contribution is 5.95. The molecule has 0 aliphatic carbocycles. The van der Waals surface area contributed by atoms with Crippen LogP contribution in [0.4, 0.5) is 5.69 Å². The van der Waals surface area contributed by atoms with Gasteiger partial charge in [0.1, 0.15) is 0 Å². The first-order valence-electron chi connectivity index (χ1n) is 6.02. The van der Waals surface area contributed by atoms with E-state index in [2.05, 4.69) is 13.8 Å². The molecule has 1 atom stereocenters. The van der Waals surface area contributed by atoms with Gasteiger partial charge < -0.3 is 4.90 Å². The fourth-order valence-corrected chi connectivity index (χ4v) is 2.46. The van der Waals surface area contributed by atoms with Crippen LogP contribution in [0.25, 0.3) is 0 Å². The normalized spacial score (nSPS) is 20.8. The molecule has 1 aliphatic heterocycles. The first-order chi connectivity index (χ1) is 7.66. The Hall–Kier alpha value is -1.31. The second-order valence-corrected chi connectivity index (χ2v) is 5.04. The maximum absolute atomic E-state index is 11.9. The van der Waals surface area contributed by atoms with Crippen LogP contribution in [0.15, 0.2) is 30.3 Å². The van der Waals surface area contributed by atoms with Crippen molar-refractivity contribution >= 4 is 11.6 Å². The minimum absolute atomic E-state index is 0.275. The molecule has 0 aromatic heterocycles. The van der Waals surface area contributed by atoms with Crippen LogP contribution < -0.4 is 4.90 Å². The lowest BCUT2D eigenvalue weighted by Crippen LogP contribution is -2.24. The van der Waals surface area contributed by atoms with E-state index in [0.29, 0.717) is 18.3 Å². The van der Waals surface area contributed by atoms with Crippen molar-refractivity contribution < 1.29 is 4.79 Å². The minimum Gasteiger partial charge on any atom is -0.312 e. The van der Waals surface area contributed by atoms with E-state index in [0.717, 1.165) is 18.7 Å². The fraction of sp³-hybridized carbons (Fsp3) is 0.500. The van der Waals surface area contributed by atoms with E-state index in [1.807, 2.05) is 35.2 Å². The lowest BCUT2D eigenvalue weighted by Gasteiger charge is -2.17. The standard InChI is InChI=1S/C14H19NO/c1-11(2)8-12-9-14(16)15(10-12)13-6-4-3-5-7-13/h3-7,11-12H,8-10H2,1-2H3/t12-/m0/s1. The van der Waals surface area contributed by atoms with Crippen molar-refractivity contribution in [1.82, 2.24) is 0 Å². The molecule has 1 aromatic carbocycles. The number of nitrogens with zero attached hydrogens (tertiary/aromatic N) is 1. The number of anilines is 1. The number of para-hydroxylation sites is 1. The number of benzene rings is 1. The molecule has 0 bridgehead atoms. The summed E-state index contributed by atoms with van der Waals surface area (Å²) in [5.41, 5.74) is 1.04. The molecule has 86 valence electrons. The third-order valence-electron chi connectivity index (χ3n) is 3.08. The fourth-order valence-electron chi connectivity index (χ4n) is 2.46. The van der Waals surface area contributed by atoms with E-state index in [-0.39, 0.29) is 5.91 Å². The molecule has 0 saturated carbocycles. The average molecular weight is 217 g/mol. The summed E-state index contributed by atoms with van der Waals surface area (Å²) in [7, 11) is 0. The van der Waals surface area contributed by atoms with Gasteiger partial charge in [0.15, 0.2) is 0 Å². The molecule has 0 N–H and O–H groups in total. The second kappa shape index (κ2) is 4.69. The van der Waals surface area contributed by atoms with Crippen LogP contribution >= 0.6 is 0 Å². The Labute approximate surface area is 97.3 Å². The van der Waals surface area contributed by atoms with Crippen LogP contribution in [0.1, 0.15) is 26.7 Å². The monoisotopic (exact) mass is 217 g/mol. The van der Waals surface area contributed by atoms with E-state index in [9.17, 15) is 4.79 Å². The molecule has 0 spiro atoms. The summed E-state index contributed by atoms with van der Waals surface area (Å²) >= 11 is 0. The Kier molecular flexibility index (Phi) is 3.28. The molecule has 2 heteroatoms. The van der Waals surface area contributed by atoms with Gasteiger partial charge in [-0.2, -0.15) is 0 Å². The van der Waals surface area contributed by atoms with E-state index in [1.165, 1.54) is 0 Å². The summed E-state index contributed by atoms with van der Waals surface area (Å²) < 4.78 is 0. The molecule has 0 radical (unpaired) electrons. The molecule has 1 aliphatic rings. The maximum atomic E-state index is 11.9. The largest absolute Gasteiger partial charge is 0.312 e. The zero-order chi connectivity index (χ0) is 11.5. The van der Waals surface area contributed by atoms with E-state index >= 15 is 0 Å². The van der Waals surface area contributed by atoms with Crippen molar-refractivity contribution in [3.8, 4) is 0 Å². The number of carbonyl (C=O) groups is 1. The number of rotatable bonds is 3. The Morgan fingerprint density at radius 3 is 2.62 bits per heavy atom. The number of amides is 1. The van der Waals surface area contributed by atoms with Crippen LogP contribution in [0.5, 0.6) is 0 Å². The van der Waals surface area contributed by atoms with Gasteiger partial charge in [-0.3, -0.25) is 4.79 Å². The van der Waals surface area contributed by atoms with Gasteiger partial charge in [-0.15, -0.1) is 0 Å². The zero-order valence-electron chi connectivity index (χ0n) is 10.0. The van der Waals surface area contributed by atoms with Crippen molar-refractivity contribution in [3.05, 3.63) is 30.3 Å². The highest BCUT2D eigenvalue weighted by Crippen LogP contribution is 2.28. The van der Waals surface area contributed by atoms with E-state index in [4.69, 9.17) is 0 Å². The van der Waals surface area contributed by atoms with E-state index in [1.54, 1.807) is 0 Å². The molecular weight excluding hydrogens is 198 g/mol. The topological polar surface area (TPSA) is 20.3 Å². The van der Waals surface area contributed by atoms with Gasteiger partial charge in [0, 0.05) is 18.7 Å². The van der Waals surface area contributed by atoms with Crippen LogP contribution in [-0.2, 0) is 4.79 Å². The second-order valence-electron chi connectivity index (χ2n) is 5.04. The van der Waals surface area contributed by atoms with Crippen molar-refractivity contribution in [2.45, 2.75) is 26.7 Å². The molecule has 1 amide bonds. The molecule has 1 saturated heterocycles. The summed E-state index contributed by atoms with van der Waals surface area (Å²) in [6.07, 6.45) is 1.86. The number of hydrogen-bond acceptors (Lipinski definition) is 1. The smallest absolute Gasteiger partial charge is 0.227 e. The lowest BCUT2D eigenvalue weighted by molar-refractivity contribution is -0.117. The van der Waals surface area contributed by atoms with Gasteiger partial charge in [0.2, 0.25) is 5.91 Å². The van der Waals surface area contributed by atoms with Gasteiger partial charge in [-0.1, -0.05) is 32.0 Å².